The van der Waals surface area contributed by atoms with Gasteiger partial charge in [-0.15, -0.1) is 5.10 Å². The van der Waals surface area contributed by atoms with Crippen LogP contribution in [0.25, 0.3) is 0 Å². The number of hydrogen-bond donors (Lipinski definition) is 1. The van der Waals surface area contributed by atoms with E-state index in [0.29, 0.717) is 12.2 Å². The summed E-state index contributed by atoms with van der Waals surface area (Å²) in [7, 11) is 0. The van der Waals surface area contributed by atoms with Crippen molar-refractivity contribution in [3.63, 3.8) is 0 Å². The number of morpholine rings is 1. The van der Waals surface area contributed by atoms with Crippen LogP contribution in [-0.4, -0.2) is 63.6 Å². The van der Waals surface area contributed by atoms with Crippen LogP contribution in [0, 0.1) is 0 Å². The molecular formula is C17H24N6O2. The first kappa shape index (κ1) is 17.5. The molecule has 1 amide bonds. The Kier molecular flexibility index (Phi) is 6.08. The zero-order valence-corrected chi connectivity index (χ0v) is 14.5. The SMILES string of the molecule is CC[C@H](NC(=O)c1cn(CCN2CCOCC2)nn1)c1ccncc1. The van der Waals surface area contributed by atoms with E-state index in [9.17, 15) is 4.79 Å². The number of carbonyl (C=O) groups excluding carboxylic acids is 1. The molecule has 2 aromatic rings. The molecule has 134 valence electrons. The molecule has 1 fully saturated rings. The number of rotatable bonds is 7. The second kappa shape index (κ2) is 8.68. The molecule has 3 rings (SSSR count). The molecule has 0 spiro atoms. The average molecular weight is 344 g/mol. The Labute approximate surface area is 147 Å². The predicted octanol–water partition coefficient (Wildman–Crippen LogP) is 0.886. The maximum atomic E-state index is 12.4. The summed E-state index contributed by atoms with van der Waals surface area (Å²) >= 11 is 0. The first-order valence-electron chi connectivity index (χ1n) is 8.67. The third kappa shape index (κ3) is 4.83. The molecule has 0 unspecified atom stereocenters. The van der Waals surface area contributed by atoms with Crippen molar-refractivity contribution in [1.82, 2.24) is 30.2 Å². The number of nitrogens with one attached hydrogen (secondary N) is 1. The first-order valence-corrected chi connectivity index (χ1v) is 8.67. The summed E-state index contributed by atoms with van der Waals surface area (Å²) in [6, 6.07) is 3.76. The van der Waals surface area contributed by atoms with Crippen LogP contribution in [0.2, 0.25) is 0 Å². The quantitative estimate of drug-likeness (QED) is 0.803. The van der Waals surface area contributed by atoms with Gasteiger partial charge in [0.1, 0.15) is 0 Å². The second-order valence-electron chi connectivity index (χ2n) is 6.04. The summed E-state index contributed by atoms with van der Waals surface area (Å²) in [4.78, 5) is 18.8. The maximum Gasteiger partial charge on any atom is 0.273 e. The van der Waals surface area contributed by atoms with Crippen LogP contribution >= 0.6 is 0 Å². The summed E-state index contributed by atoms with van der Waals surface area (Å²) in [6.45, 7) is 7.05. The normalized spacial score (nSPS) is 16.5. The van der Waals surface area contributed by atoms with E-state index in [0.717, 1.165) is 44.8 Å². The van der Waals surface area contributed by atoms with Crippen LogP contribution in [0.4, 0.5) is 0 Å². The lowest BCUT2D eigenvalue weighted by atomic mass is 10.1. The van der Waals surface area contributed by atoms with Crippen molar-refractivity contribution in [2.75, 3.05) is 32.8 Å². The van der Waals surface area contributed by atoms with Crippen molar-refractivity contribution >= 4 is 5.91 Å². The van der Waals surface area contributed by atoms with Gasteiger partial charge < -0.3 is 10.1 Å². The van der Waals surface area contributed by atoms with E-state index >= 15 is 0 Å². The summed E-state index contributed by atoms with van der Waals surface area (Å²) in [5.74, 6) is -0.207. The van der Waals surface area contributed by atoms with E-state index in [2.05, 4.69) is 25.5 Å². The van der Waals surface area contributed by atoms with Crippen molar-refractivity contribution in [2.24, 2.45) is 0 Å². The minimum absolute atomic E-state index is 0.0611. The van der Waals surface area contributed by atoms with Crippen LogP contribution in [0.5, 0.6) is 0 Å². The molecule has 1 aliphatic rings. The van der Waals surface area contributed by atoms with Gasteiger partial charge in [0.15, 0.2) is 5.69 Å². The summed E-state index contributed by atoms with van der Waals surface area (Å²) in [5.41, 5.74) is 1.38. The first-order chi connectivity index (χ1) is 12.3. The van der Waals surface area contributed by atoms with Crippen LogP contribution in [0.1, 0.15) is 35.4 Å². The molecule has 0 aliphatic carbocycles. The Bertz CT molecular complexity index is 669. The molecular weight excluding hydrogens is 320 g/mol. The molecule has 0 radical (unpaired) electrons. The van der Waals surface area contributed by atoms with Gasteiger partial charge in [-0.05, 0) is 24.1 Å². The molecule has 25 heavy (non-hydrogen) atoms. The van der Waals surface area contributed by atoms with Gasteiger partial charge in [0.25, 0.3) is 5.91 Å². The Balaban J connectivity index is 1.54. The number of aromatic nitrogens is 4. The Morgan fingerprint density at radius 1 is 1.28 bits per heavy atom. The van der Waals surface area contributed by atoms with Gasteiger partial charge in [-0.2, -0.15) is 0 Å². The highest BCUT2D eigenvalue weighted by atomic mass is 16.5. The molecule has 2 aromatic heterocycles. The number of hydrogen-bond acceptors (Lipinski definition) is 6. The lowest BCUT2D eigenvalue weighted by Crippen LogP contribution is -2.38. The topological polar surface area (TPSA) is 85.2 Å². The average Bonchev–Trinajstić information content (AvgIpc) is 3.15. The van der Waals surface area contributed by atoms with Crippen molar-refractivity contribution in [3.8, 4) is 0 Å². The highest BCUT2D eigenvalue weighted by Gasteiger charge is 2.17. The molecule has 0 aromatic carbocycles. The van der Waals surface area contributed by atoms with Gasteiger partial charge in [0.05, 0.1) is 32.0 Å². The summed E-state index contributed by atoms with van der Waals surface area (Å²) in [6.07, 6.45) is 5.95. The molecule has 1 atom stereocenters. The molecule has 8 nitrogen and oxygen atoms in total. The number of amides is 1. The largest absolute Gasteiger partial charge is 0.379 e. The predicted molar refractivity (Wildman–Crippen MR) is 92.0 cm³/mol. The van der Waals surface area contributed by atoms with Gasteiger partial charge in [-0.25, -0.2) is 0 Å². The zero-order valence-electron chi connectivity index (χ0n) is 14.5. The minimum Gasteiger partial charge on any atom is -0.379 e. The Hall–Kier alpha value is -2.32. The highest BCUT2D eigenvalue weighted by Crippen LogP contribution is 2.15. The molecule has 1 aliphatic heterocycles. The lowest BCUT2D eigenvalue weighted by molar-refractivity contribution is 0.0359. The van der Waals surface area contributed by atoms with E-state index in [1.54, 1.807) is 23.3 Å². The zero-order chi connectivity index (χ0) is 17.5. The van der Waals surface area contributed by atoms with E-state index < -0.39 is 0 Å². The smallest absolute Gasteiger partial charge is 0.273 e. The van der Waals surface area contributed by atoms with E-state index in [4.69, 9.17) is 4.74 Å². The van der Waals surface area contributed by atoms with Gasteiger partial charge in [-0.3, -0.25) is 19.4 Å². The fraction of sp³-hybridized carbons (Fsp3) is 0.529. The molecule has 0 bridgehead atoms. The van der Waals surface area contributed by atoms with Crippen LogP contribution in [-0.2, 0) is 11.3 Å². The third-order valence-corrected chi connectivity index (χ3v) is 4.34. The number of ether oxygens (including phenoxy) is 1. The minimum atomic E-state index is -0.207. The number of carbonyl (C=O) groups is 1. The van der Waals surface area contributed by atoms with Crippen molar-refractivity contribution in [2.45, 2.75) is 25.9 Å². The summed E-state index contributed by atoms with van der Waals surface area (Å²) in [5, 5.41) is 11.1. The lowest BCUT2D eigenvalue weighted by Gasteiger charge is -2.26. The van der Waals surface area contributed by atoms with Gasteiger partial charge in [-0.1, -0.05) is 12.1 Å². The van der Waals surface area contributed by atoms with Crippen molar-refractivity contribution < 1.29 is 9.53 Å². The second-order valence-corrected chi connectivity index (χ2v) is 6.04. The molecule has 0 saturated carbocycles. The standard InChI is InChI=1S/C17H24N6O2/c1-2-15(14-3-5-18-6-4-14)19-17(24)16-13-23(21-20-16)8-7-22-9-11-25-12-10-22/h3-6,13,15H,2,7-12H2,1H3,(H,19,24)/t15-/m0/s1. The fourth-order valence-electron chi connectivity index (χ4n) is 2.83. The van der Waals surface area contributed by atoms with Gasteiger partial charge >= 0.3 is 0 Å². The number of pyridine rings is 1. The molecule has 1 saturated heterocycles. The van der Waals surface area contributed by atoms with E-state index in [1.807, 2.05) is 19.1 Å². The van der Waals surface area contributed by atoms with E-state index in [-0.39, 0.29) is 11.9 Å². The van der Waals surface area contributed by atoms with Crippen molar-refractivity contribution in [1.29, 1.82) is 0 Å². The monoisotopic (exact) mass is 344 g/mol. The molecule has 1 N–H and O–H groups in total. The number of nitrogens with zero attached hydrogens (tertiary/aromatic N) is 5. The van der Waals surface area contributed by atoms with Crippen LogP contribution in [0.15, 0.2) is 30.7 Å². The van der Waals surface area contributed by atoms with Crippen molar-refractivity contribution in [3.05, 3.63) is 42.0 Å². The highest BCUT2D eigenvalue weighted by molar-refractivity contribution is 5.92. The molecule has 8 heteroatoms. The van der Waals surface area contributed by atoms with E-state index in [1.165, 1.54) is 0 Å². The Morgan fingerprint density at radius 3 is 2.76 bits per heavy atom. The van der Waals surface area contributed by atoms with Crippen LogP contribution in [0.3, 0.4) is 0 Å². The van der Waals surface area contributed by atoms with Crippen LogP contribution < -0.4 is 5.32 Å². The molecule has 3 heterocycles. The maximum absolute atomic E-state index is 12.4. The fourth-order valence-corrected chi connectivity index (χ4v) is 2.83. The van der Waals surface area contributed by atoms with Gasteiger partial charge in [0, 0.05) is 32.0 Å². The van der Waals surface area contributed by atoms with Gasteiger partial charge in [0.2, 0.25) is 0 Å². The third-order valence-electron chi connectivity index (χ3n) is 4.34. The Morgan fingerprint density at radius 2 is 2.04 bits per heavy atom. The summed E-state index contributed by atoms with van der Waals surface area (Å²) < 4.78 is 7.06.